The summed E-state index contributed by atoms with van der Waals surface area (Å²) >= 11 is 0. The zero-order valence-electron chi connectivity index (χ0n) is 14.4. The molecule has 2 N–H and O–H groups in total. The maximum atomic E-state index is 13.7. The molecular formula is C20H16F3N3O. The first-order chi connectivity index (χ1) is 13.0. The Morgan fingerprint density at radius 1 is 1.00 bits per heavy atom. The first-order valence-corrected chi connectivity index (χ1v) is 8.15. The van der Waals surface area contributed by atoms with Crippen molar-refractivity contribution in [3.8, 4) is 0 Å². The summed E-state index contributed by atoms with van der Waals surface area (Å²) in [7, 11) is 0. The first kappa shape index (κ1) is 18.4. The zero-order valence-corrected chi connectivity index (χ0v) is 14.4. The molecular weight excluding hydrogens is 355 g/mol. The fourth-order valence-corrected chi connectivity index (χ4v) is 2.46. The fraction of sp³-hybridized carbons (Fsp3) is 0.100. The number of amides is 1. The maximum absolute atomic E-state index is 13.7. The van der Waals surface area contributed by atoms with E-state index in [-0.39, 0.29) is 5.82 Å². The summed E-state index contributed by atoms with van der Waals surface area (Å²) in [6.07, 6.45) is 1.51. The molecule has 1 heterocycles. The van der Waals surface area contributed by atoms with E-state index in [0.29, 0.717) is 12.6 Å². The molecule has 2 aromatic carbocycles. The van der Waals surface area contributed by atoms with Gasteiger partial charge in [0.15, 0.2) is 17.5 Å². The van der Waals surface area contributed by atoms with Crippen LogP contribution in [0.15, 0.2) is 54.7 Å². The molecule has 0 saturated heterocycles. The smallest absolute Gasteiger partial charge is 0.259 e. The summed E-state index contributed by atoms with van der Waals surface area (Å²) in [6.45, 7) is 2.63. The van der Waals surface area contributed by atoms with E-state index in [1.165, 1.54) is 12.3 Å². The molecule has 138 valence electrons. The van der Waals surface area contributed by atoms with Crippen LogP contribution in [0.5, 0.6) is 0 Å². The molecule has 0 atom stereocenters. The Morgan fingerprint density at radius 3 is 2.48 bits per heavy atom. The fourth-order valence-electron chi connectivity index (χ4n) is 2.46. The van der Waals surface area contributed by atoms with Crippen molar-refractivity contribution in [3.63, 3.8) is 0 Å². The van der Waals surface area contributed by atoms with Crippen LogP contribution >= 0.6 is 0 Å². The summed E-state index contributed by atoms with van der Waals surface area (Å²) in [4.78, 5) is 16.1. The Hall–Kier alpha value is -3.35. The molecule has 0 bridgehead atoms. The molecule has 0 aliphatic heterocycles. The number of halogens is 3. The first-order valence-electron chi connectivity index (χ1n) is 8.15. The van der Waals surface area contributed by atoms with Crippen LogP contribution in [0, 0.1) is 24.4 Å². The van der Waals surface area contributed by atoms with E-state index >= 15 is 0 Å². The van der Waals surface area contributed by atoms with Crippen molar-refractivity contribution < 1.29 is 18.0 Å². The van der Waals surface area contributed by atoms with Crippen LogP contribution in [0.3, 0.4) is 0 Å². The monoisotopic (exact) mass is 371 g/mol. The molecule has 0 saturated carbocycles. The van der Waals surface area contributed by atoms with Crippen molar-refractivity contribution in [2.75, 3.05) is 10.6 Å². The average Bonchev–Trinajstić information content (AvgIpc) is 2.66. The van der Waals surface area contributed by atoms with Crippen LogP contribution in [0.4, 0.5) is 24.7 Å². The lowest BCUT2D eigenvalue weighted by Crippen LogP contribution is -2.16. The molecule has 0 spiro atoms. The Bertz CT molecular complexity index is 975. The molecule has 0 aliphatic rings. The standard InChI is InChI=1S/C20H16F3N3O/c1-12-4-2-3-5-13(12)10-24-14-6-9-17(25-11-14)26-20(27)15-7-8-16(21)19(23)18(15)22/h2-9,11,24H,10H2,1H3,(H,25,26,27). The predicted octanol–water partition coefficient (Wildman–Crippen LogP) is 4.67. The molecule has 1 amide bonds. The summed E-state index contributed by atoms with van der Waals surface area (Å²) in [6, 6.07) is 12.7. The quantitative estimate of drug-likeness (QED) is 0.641. The average molecular weight is 371 g/mol. The normalized spacial score (nSPS) is 10.5. The van der Waals surface area contributed by atoms with E-state index in [1.807, 2.05) is 31.2 Å². The number of hydrogen-bond acceptors (Lipinski definition) is 3. The van der Waals surface area contributed by atoms with E-state index < -0.39 is 28.9 Å². The van der Waals surface area contributed by atoms with Crippen LogP contribution in [0.1, 0.15) is 21.5 Å². The number of nitrogens with one attached hydrogen (secondary N) is 2. The number of hydrogen-bond donors (Lipinski definition) is 2. The third-order valence-electron chi connectivity index (χ3n) is 4.03. The van der Waals surface area contributed by atoms with Crippen LogP contribution in [-0.2, 0) is 6.54 Å². The van der Waals surface area contributed by atoms with Crippen molar-refractivity contribution in [1.29, 1.82) is 0 Å². The van der Waals surface area contributed by atoms with Gasteiger partial charge < -0.3 is 10.6 Å². The summed E-state index contributed by atoms with van der Waals surface area (Å²) < 4.78 is 39.9. The van der Waals surface area contributed by atoms with Gasteiger partial charge >= 0.3 is 0 Å². The van der Waals surface area contributed by atoms with E-state index in [1.54, 1.807) is 6.07 Å². The molecule has 0 aliphatic carbocycles. The number of carbonyl (C=O) groups is 1. The number of benzene rings is 2. The minimum absolute atomic E-state index is 0.158. The molecule has 7 heteroatoms. The van der Waals surface area contributed by atoms with Gasteiger partial charge in [-0.25, -0.2) is 18.2 Å². The second-order valence-corrected chi connectivity index (χ2v) is 5.89. The van der Waals surface area contributed by atoms with Crippen LogP contribution < -0.4 is 10.6 Å². The van der Waals surface area contributed by atoms with E-state index in [0.717, 1.165) is 22.9 Å². The Balaban J connectivity index is 1.65. The largest absolute Gasteiger partial charge is 0.380 e. The molecule has 0 radical (unpaired) electrons. The van der Waals surface area contributed by atoms with Crippen LogP contribution in [-0.4, -0.2) is 10.9 Å². The topological polar surface area (TPSA) is 54.0 Å². The number of nitrogens with zero attached hydrogens (tertiary/aromatic N) is 1. The van der Waals surface area contributed by atoms with Crippen molar-refractivity contribution in [3.05, 3.63) is 88.9 Å². The lowest BCUT2D eigenvalue weighted by molar-refractivity contribution is 0.102. The van der Waals surface area contributed by atoms with Gasteiger partial charge in [0, 0.05) is 6.54 Å². The van der Waals surface area contributed by atoms with Gasteiger partial charge in [0.2, 0.25) is 0 Å². The van der Waals surface area contributed by atoms with Crippen LogP contribution in [0.2, 0.25) is 0 Å². The van der Waals surface area contributed by atoms with Gasteiger partial charge in [-0.2, -0.15) is 0 Å². The molecule has 0 fully saturated rings. The lowest BCUT2D eigenvalue weighted by Gasteiger charge is -2.10. The van der Waals surface area contributed by atoms with Gasteiger partial charge in [0.25, 0.3) is 5.91 Å². The number of rotatable bonds is 5. The number of carbonyl (C=O) groups excluding carboxylic acids is 1. The van der Waals surface area contributed by atoms with Crippen molar-refractivity contribution in [2.24, 2.45) is 0 Å². The highest BCUT2D eigenvalue weighted by atomic mass is 19.2. The lowest BCUT2D eigenvalue weighted by atomic mass is 10.1. The predicted molar refractivity (Wildman–Crippen MR) is 97.0 cm³/mol. The number of aryl methyl sites for hydroxylation is 1. The third-order valence-corrected chi connectivity index (χ3v) is 4.03. The van der Waals surface area contributed by atoms with Gasteiger partial charge in [0.05, 0.1) is 17.4 Å². The number of pyridine rings is 1. The van der Waals surface area contributed by atoms with Gasteiger partial charge in [-0.05, 0) is 42.3 Å². The van der Waals surface area contributed by atoms with Crippen molar-refractivity contribution in [1.82, 2.24) is 4.98 Å². The van der Waals surface area contributed by atoms with E-state index in [4.69, 9.17) is 0 Å². The molecule has 0 unspecified atom stereocenters. The summed E-state index contributed by atoms with van der Waals surface area (Å²) in [5, 5.41) is 5.56. The molecule has 4 nitrogen and oxygen atoms in total. The second kappa shape index (κ2) is 7.90. The van der Waals surface area contributed by atoms with Gasteiger partial charge in [0.1, 0.15) is 5.82 Å². The third kappa shape index (κ3) is 4.25. The summed E-state index contributed by atoms with van der Waals surface area (Å²) in [5.74, 6) is -5.34. The maximum Gasteiger partial charge on any atom is 0.259 e. The highest BCUT2D eigenvalue weighted by Crippen LogP contribution is 2.17. The Morgan fingerprint density at radius 2 is 1.78 bits per heavy atom. The number of aromatic nitrogens is 1. The minimum Gasteiger partial charge on any atom is -0.380 e. The zero-order chi connectivity index (χ0) is 19.4. The Labute approximate surface area is 154 Å². The molecule has 3 aromatic rings. The van der Waals surface area contributed by atoms with E-state index in [2.05, 4.69) is 15.6 Å². The summed E-state index contributed by atoms with van der Waals surface area (Å²) in [5.41, 5.74) is 2.44. The SMILES string of the molecule is Cc1ccccc1CNc1ccc(NC(=O)c2ccc(F)c(F)c2F)nc1. The molecule has 27 heavy (non-hydrogen) atoms. The second-order valence-electron chi connectivity index (χ2n) is 5.89. The minimum atomic E-state index is -1.69. The highest BCUT2D eigenvalue weighted by Gasteiger charge is 2.19. The van der Waals surface area contributed by atoms with Crippen molar-refractivity contribution >= 4 is 17.4 Å². The van der Waals surface area contributed by atoms with Crippen LogP contribution in [0.25, 0.3) is 0 Å². The Kier molecular flexibility index (Phi) is 5.40. The highest BCUT2D eigenvalue weighted by molar-refractivity contribution is 6.04. The van der Waals surface area contributed by atoms with Crippen molar-refractivity contribution in [2.45, 2.75) is 13.5 Å². The molecule has 1 aromatic heterocycles. The van der Waals surface area contributed by atoms with Gasteiger partial charge in [-0.1, -0.05) is 24.3 Å². The van der Waals surface area contributed by atoms with Gasteiger partial charge in [-0.3, -0.25) is 4.79 Å². The number of anilines is 2. The van der Waals surface area contributed by atoms with E-state index in [9.17, 15) is 18.0 Å². The van der Waals surface area contributed by atoms with Gasteiger partial charge in [-0.15, -0.1) is 0 Å². The molecule has 3 rings (SSSR count).